The molecule has 138 valence electrons. The average Bonchev–Trinajstić information content (AvgIpc) is 2.88. The molecule has 2 fully saturated rings. The van der Waals surface area contributed by atoms with Gasteiger partial charge >= 0.3 is 0 Å². The summed E-state index contributed by atoms with van der Waals surface area (Å²) < 4.78 is 5.10. The first-order valence-electron chi connectivity index (χ1n) is 8.40. The van der Waals surface area contributed by atoms with Gasteiger partial charge in [-0.15, -0.1) is 24.8 Å². The summed E-state index contributed by atoms with van der Waals surface area (Å²) in [7, 11) is 0. The maximum Gasteiger partial charge on any atom is 0.258 e. The number of hydrogen-bond donors (Lipinski definition) is 2. The second-order valence-electron chi connectivity index (χ2n) is 7.03. The Hall–Kier alpha value is -1.37. The molecule has 2 bridgehead atoms. The number of nitrogens with zero attached hydrogens (tertiary/aromatic N) is 2. The van der Waals surface area contributed by atoms with Crippen molar-refractivity contribution in [1.29, 1.82) is 0 Å². The van der Waals surface area contributed by atoms with Gasteiger partial charge in [-0.2, -0.15) is 0 Å². The van der Waals surface area contributed by atoms with Gasteiger partial charge in [0, 0.05) is 12.0 Å². The highest BCUT2D eigenvalue weighted by Gasteiger charge is 2.40. The van der Waals surface area contributed by atoms with Gasteiger partial charge in [0.2, 0.25) is 5.91 Å². The number of halogens is 2. The molecular weight excluding hydrogens is 363 g/mol. The Balaban J connectivity index is 0.00000113. The number of nitrogens with one attached hydrogen (secondary N) is 1. The maximum absolute atomic E-state index is 12.6. The van der Waals surface area contributed by atoms with Crippen LogP contribution in [0.4, 0.5) is 5.69 Å². The van der Waals surface area contributed by atoms with E-state index in [1.54, 1.807) is 6.20 Å². The lowest BCUT2D eigenvalue weighted by Crippen LogP contribution is -2.48. The minimum absolute atomic E-state index is 0. The summed E-state index contributed by atoms with van der Waals surface area (Å²) >= 11 is 0. The molecule has 2 aromatic rings. The molecule has 2 atom stereocenters. The molecule has 0 aromatic carbocycles. The van der Waals surface area contributed by atoms with Crippen LogP contribution in [-0.2, 0) is 4.79 Å². The first-order chi connectivity index (χ1) is 11.1. The van der Waals surface area contributed by atoms with Crippen LogP contribution >= 0.6 is 24.8 Å². The SMILES string of the molecule is Cc1noc2ncc(NC(=O)C3CC4CCCC(C3)C4N)cc12.Cl.Cl. The van der Waals surface area contributed by atoms with Crippen LogP contribution < -0.4 is 11.1 Å². The zero-order valence-electron chi connectivity index (χ0n) is 14.1. The molecule has 1 amide bonds. The fourth-order valence-electron chi connectivity index (χ4n) is 4.26. The van der Waals surface area contributed by atoms with Gasteiger partial charge in [-0.1, -0.05) is 11.6 Å². The molecule has 2 aromatic heterocycles. The number of fused-ring (bicyclic) bond motifs is 3. The number of anilines is 1. The monoisotopic (exact) mass is 386 g/mol. The van der Waals surface area contributed by atoms with Gasteiger partial charge < -0.3 is 15.6 Å². The van der Waals surface area contributed by atoms with Gasteiger partial charge in [0.25, 0.3) is 5.71 Å². The minimum atomic E-state index is 0. The van der Waals surface area contributed by atoms with Gasteiger partial charge in [-0.25, -0.2) is 4.98 Å². The van der Waals surface area contributed by atoms with E-state index in [-0.39, 0.29) is 42.7 Å². The number of carbonyl (C=O) groups excluding carboxylic acids is 1. The molecular formula is C17H24Cl2N4O2. The molecule has 2 heterocycles. The Labute approximate surface area is 159 Å². The number of rotatable bonds is 2. The highest BCUT2D eigenvalue weighted by atomic mass is 35.5. The van der Waals surface area contributed by atoms with E-state index >= 15 is 0 Å². The van der Waals surface area contributed by atoms with Crippen LogP contribution in [0.15, 0.2) is 16.8 Å². The van der Waals surface area contributed by atoms with E-state index in [2.05, 4.69) is 15.5 Å². The fourth-order valence-corrected chi connectivity index (χ4v) is 4.26. The highest BCUT2D eigenvalue weighted by molar-refractivity contribution is 5.94. The smallest absolute Gasteiger partial charge is 0.258 e. The largest absolute Gasteiger partial charge is 0.336 e. The second-order valence-corrected chi connectivity index (χ2v) is 7.03. The van der Waals surface area contributed by atoms with Gasteiger partial charge in [-0.3, -0.25) is 4.79 Å². The van der Waals surface area contributed by atoms with Crippen molar-refractivity contribution in [2.75, 3.05) is 5.32 Å². The van der Waals surface area contributed by atoms with E-state index < -0.39 is 0 Å². The number of amides is 1. The molecule has 8 heteroatoms. The summed E-state index contributed by atoms with van der Waals surface area (Å²) in [6, 6.07) is 2.16. The molecule has 2 aliphatic carbocycles. The van der Waals surface area contributed by atoms with E-state index in [1.165, 1.54) is 6.42 Å². The quantitative estimate of drug-likeness (QED) is 0.823. The Morgan fingerprint density at radius 2 is 1.96 bits per heavy atom. The first-order valence-corrected chi connectivity index (χ1v) is 8.40. The lowest BCUT2D eigenvalue weighted by molar-refractivity contribution is -0.122. The molecule has 6 nitrogen and oxygen atoms in total. The van der Waals surface area contributed by atoms with Crippen LogP contribution in [0.1, 0.15) is 37.8 Å². The summed E-state index contributed by atoms with van der Waals surface area (Å²) in [6.07, 6.45) is 7.02. The van der Waals surface area contributed by atoms with Crippen molar-refractivity contribution in [2.24, 2.45) is 23.5 Å². The van der Waals surface area contributed by atoms with Crippen molar-refractivity contribution < 1.29 is 9.32 Å². The number of aryl methyl sites for hydroxylation is 1. The molecule has 4 rings (SSSR count). The lowest BCUT2D eigenvalue weighted by atomic mass is 9.65. The van der Waals surface area contributed by atoms with Crippen molar-refractivity contribution in [1.82, 2.24) is 10.1 Å². The third-order valence-corrected chi connectivity index (χ3v) is 5.56. The van der Waals surface area contributed by atoms with Gasteiger partial charge in [-0.05, 0) is 50.5 Å². The topological polar surface area (TPSA) is 94.0 Å². The van der Waals surface area contributed by atoms with Crippen LogP contribution in [-0.4, -0.2) is 22.1 Å². The van der Waals surface area contributed by atoms with Crippen molar-refractivity contribution in [3.05, 3.63) is 18.0 Å². The standard InChI is InChI=1S/C17H22N4O2.2ClH/c1-9-14-7-13(8-19-17(14)23-21-9)20-16(22)12-5-10-3-2-4-11(6-12)15(10)18;;/h7-8,10-12,15H,2-6,18H2,1H3,(H,20,22);2*1H. The Kier molecular flexibility index (Phi) is 6.30. The van der Waals surface area contributed by atoms with Crippen LogP contribution in [0.25, 0.3) is 11.1 Å². The average molecular weight is 387 g/mol. The number of carbonyl (C=O) groups is 1. The zero-order valence-corrected chi connectivity index (χ0v) is 15.7. The van der Waals surface area contributed by atoms with Crippen LogP contribution in [0, 0.1) is 24.7 Å². The van der Waals surface area contributed by atoms with Gasteiger partial charge in [0.15, 0.2) is 0 Å². The van der Waals surface area contributed by atoms with Crippen LogP contribution in [0.5, 0.6) is 0 Å². The Morgan fingerprint density at radius 3 is 2.64 bits per heavy atom. The second kappa shape index (κ2) is 7.89. The number of hydrogen-bond acceptors (Lipinski definition) is 5. The molecule has 2 aliphatic rings. The van der Waals surface area contributed by atoms with E-state index in [4.69, 9.17) is 10.3 Å². The summed E-state index contributed by atoms with van der Waals surface area (Å²) in [6.45, 7) is 1.86. The van der Waals surface area contributed by atoms with Crippen LogP contribution in [0.3, 0.4) is 0 Å². The fraction of sp³-hybridized carbons (Fsp3) is 0.588. The van der Waals surface area contributed by atoms with E-state index in [0.717, 1.165) is 36.8 Å². The van der Waals surface area contributed by atoms with Crippen molar-refractivity contribution in [3.63, 3.8) is 0 Å². The predicted octanol–water partition coefficient (Wildman–Crippen LogP) is 3.47. The van der Waals surface area contributed by atoms with Crippen molar-refractivity contribution in [2.45, 2.75) is 45.1 Å². The van der Waals surface area contributed by atoms with Gasteiger partial charge in [0.1, 0.15) is 0 Å². The molecule has 3 N–H and O–H groups in total. The summed E-state index contributed by atoms with van der Waals surface area (Å²) in [5.74, 6) is 1.15. The minimum Gasteiger partial charge on any atom is -0.336 e. The molecule has 0 spiro atoms. The van der Waals surface area contributed by atoms with Crippen LogP contribution in [0.2, 0.25) is 0 Å². The normalized spacial score (nSPS) is 27.9. The summed E-state index contributed by atoms with van der Waals surface area (Å²) in [5, 5.41) is 7.74. The number of aromatic nitrogens is 2. The first kappa shape index (κ1) is 19.9. The molecule has 0 radical (unpaired) electrons. The van der Waals surface area contributed by atoms with Gasteiger partial charge in [0.05, 0.1) is 23.0 Å². The third-order valence-electron chi connectivity index (χ3n) is 5.56. The highest BCUT2D eigenvalue weighted by Crippen LogP contribution is 2.42. The predicted molar refractivity (Wildman–Crippen MR) is 101 cm³/mol. The van der Waals surface area contributed by atoms with E-state index in [0.29, 0.717) is 23.2 Å². The third kappa shape index (κ3) is 3.76. The van der Waals surface area contributed by atoms with Crippen molar-refractivity contribution >= 4 is 47.5 Å². The van der Waals surface area contributed by atoms with Crippen molar-refractivity contribution in [3.8, 4) is 0 Å². The molecule has 2 unspecified atom stereocenters. The summed E-state index contributed by atoms with van der Waals surface area (Å²) in [4.78, 5) is 16.9. The molecule has 0 saturated heterocycles. The Morgan fingerprint density at radius 1 is 1.28 bits per heavy atom. The molecule has 2 saturated carbocycles. The molecule has 25 heavy (non-hydrogen) atoms. The van der Waals surface area contributed by atoms with E-state index in [1.807, 2.05) is 13.0 Å². The maximum atomic E-state index is 12.6. The number of pyridine rings is 1. The molecule has 0 aliphatic heterocycles. The Bertz CT molecular complexity index is 737. The van der Waals surface area contributed by atoms with E-state index in [9.17, 15) is 4.79 Å². The number of nitrogens with two attached hydrogens (primary N) is 1. The zero-order chi connectivity index (χ0) is 16.0. The lowest BCUT2D eigenvalue weighted by Gasteiger charge is -2.43. The summed E-state index contributed by atoms with van der Waals surface area (Å²) in [5.41, 5.74) is 8.29.